The van der Waals surface area contributed by atoms with Gasteiger partial charge in [0.25, 0.3) is 0 Å². The summed E-state index contributed by atoms with van der Waals surface area (Å²) in [6, 6.07) is 9.95. The van der Waals surface area contributed by atoms with Crippen molar-refractivity contribution in [1.82, 2.24) is 20.1 Å². The van der Waals surface area contributed by atoms with Gasteiger partial charge in [0.1, 0.15) is 11.9 Å². The molecule has 1 unspecified atom stereocenters. The summed E-state index contributed by atoms with van der Waals surface area (Å²) in [4.78, 5) is 13.7. The zero-order chi connectivity index (χ0) is 19.0. The summed E-state index contributed by atoms with van der Waals surface area (Å²) >= 11 is 6.88. The SMILES string of the molecule is CC(C(=O)NCC1(c2ccc(F)cc2)CC1)n1c(-c2cccs2)n[nH]c1=S. The van der Waals surface area contributed by atoms with Crippen molar-refractivity contribution in [3.63, 3.8) is 0 Å². The Kier molecular flexibility index (Phi) is 4.69. The number of amides is 1. The van der Waals surface area contributed by atoms with Crippen molar-refractivity contribution in [2.75, 3.05) is 6.54 Å². The van der Waals surface area contributed by atoms with Crippen LogP contribution < -0.4 is 5.32 Å². The van der Waals surface area contributed by atoms with Crippen molar-refractivity contribution in [2.24, 2.45) is 0 Å². The number of aromatic nitrogens is 3. The highest BCUT2D eigenvalue weighted by Gasteiger charge is 2.44. The third kappa shape index (κ3) is 3.46. The maximum absolute atomic E-state index is 13.2. The third-order valence-electron chi connectivity index (χ3n) is 5.12. The first-order valence-electron chi connectivity index (χ1n) is 8.75. The van der Waals surface area contributed by atoms with Crippen molar-refractivity contribution in [3.05, 3.63) is 57.9 Å². The van der Waals surface area contributed by atoms with E-state index in [0.717, 1.165) is 23.3 Å². The number of hydrogen-bond donors (Lipinski definition) is 2. The predicted octanol–water partition coefficient (Wildman–Crippen LogP) is 4.22. The number of aromatic amines is 1. The Balaban J connectivity index is 1.49. The lowest BCUT2D eigenvalue weighted by atomic mass is 9.96. The average Bonchev–Trinajstić information content (AvgIpc) is 3.08. The van der Waals surface area contributed by atoms with Crippen LogP contribution in [0.4, 0.5) is 4.39 Å². The summed E-state index contributed by atoms with van der Waals surface area (Å²) in [6.07, 6.45) is 1.97. The van der Waals surface area contributed by atoms with Crippen LogP contribution in [0.3, 0.4) is 0 Å². The molecule has 2 N–H and O–H groups in total. The van der Waals surface area contributed by atoms with Gasteiger partial charge in [-0.25, -0.2) is 4.39 Å². The predicted molar refractivity (Wildman–Crippen MR) is 106 cm³/mol. The summed E-state index contributed by atoms with van der Waals surface area (Å²) in [5.41, 5.74) is 0.980. The van der Waals surface area contributed by atoms with Gasteiger partial charge in [-0.3, -0.25) is 14.5 Å². The molecule has 4 rings (SSSR count). The second-order valence-electron chi connectivity index (χ2n) is 6.88. The lowest BCUT2D eigenvalue weighted by Crippen LogP contribution is -2.36. The molecule has 1 amide bonds. The molecule has 1 aliphatic carbocycles. The van der Waals surface area contributed by atoms with Crippen molar-refractivity contribution >= 4 is 29.5 Å². The number of carbonyl (C=O) groups excluding carboxylic acids is 1. The van der Waals surface area contributed by atoms with Crippen LogP contribution in [-0.4, -0.2) is 27.2 Å². The number of carbonyl (C=O) groups is 1. The molecule has 0 aliphatic heterocycles. The van der Waals surface area contributed by atoms with Crippen LogP contribution in [0.5, 0.6) is 0 Å². The van der Waals surface area contributed by atoms with Crippen LogP contribution in [-0.2, 0) is 10.2 Å². The van der Waals surface area contributed by atoms with Gasteiger partial charge >= 0.3 is 0 Å². The molecule has 8 heteroatoms. The van der Waals surface area contributed by atoms with Gasteiger partial charge < -0.3 is 5.32 Å². The molecule has 1 saturated carbocycles. The van der Waals surface area contributed by atoms with E-state index in [1.807, 2.05) is 24.4 Å². The highest BCUT2D eigenvalue weighted by atomic mass is 32.1. The molecule has 0 radical (unpaired) electrons. The Morgan fingerprint density at radius 3 is 2.78 bits per heavy atom. The molecule has 3 aromatic rings. The van der Waals surface area contributed by atoms with E-state index >= 15 is 0 Å². The maximum atomic E-state index is 13.2. The summed E-state index contributed by atoms with van der Waals surface area (Å²) in [5.74, 6) is 0.304. The number of H-pyrrole nitrogens is 1. The van der Waals surface area contributed by atoms with Gasteiger partial charge in [-0.05, 0) is 61.1 Å². The Bertz CT molecular complexity index is 1000. The van der Waals surface area contributed by atoms with Gasteiger partial charge in [0, 0.05) is 12.0 Å². The van der Waals surface area contributed by atoms with E-state index in [4.69, 9.17) is 12.2 Å². The maximum Gasteiger partial charge on any atom is 0.242 e. The quantitative estimate of drug-likeness (QED) is 0.607. The van der Waals surface area contributed by atoms with Crippen molar-refractivity contribution in [3.8, 4) is 10.7 Å². The van der Waals surface area contributed by atoms with Gasteiger partial charge in [0.05, 0.1) is 4.88 Å². The summed E-state index contributed by atoms with van der Waals surface area (Å²) < 4.78 is 15.3. The van der Waals surface area contributed by atoms with E-state index in [1.165, 1.54) is 12.1 Å². The Morgan fingerprint density at radius 1 is 1.41 bits per heavy atom. The van der Waals surface area contributed by atoms with E-state index in [1.54, 1.807) is 28.0 Å². The Morgan fingerprint density at radius 2 is 2.15 bits per heavy atom. The topological polar surface area (TPSA) is 62.7 Å². The Labute approximate surface area is 165 Å². The highest BCUT2D eigenvalue weighted by molar-refractivity contribution is 7.71. The van der Waals surface area contributed by atoms with Crippen LogP contribution in [0.1, 0.15) is 31.4 Å². The molecule has 5 nitrogen and oxygen atoms in total. The molecule has 0 bridgehead atoms. The molecule has 27 heavy (non-hydrogen) atoms. The molecule has 140 valence electrons. The smallest absolute Gasteiger partial charge is 0.242 e. The zero-order valence-electron chi connectivity index (χ0n) is 14.7. The number of nitrogens with zero attached hydrogens (tertiary/aromatic N) is 2. The standard InChI is InChI=1S/C19H19FN4OS2/c1-12(24-16(22-23-18(24)26)15-3-2-10-27-15)17(25)21-11-19(8-9-19)13-4-6-14(20)7-5-13/h2-7,10,12H,8-9,11H2,1H3,(H,21,25)(H,23,26). The van der Waals surface area contributed by atoms with Crippen molar-refractivity contribution < 1.29 is 9.18 Å². The highest BCUT2D eigenvalue weighted by Crippen LogP contribution is 2.47. The largest absolute Gasteiger partial charge is 0.353 e. The average molecular weight is 403 g/mol. The fraction of sp³-hybridized carbons (Fsp3) is 0.316. The fourth-order valence-corrected chi connectivity index (χ4v) is 4.29. The van der Waals surface area contributed by atoms with Gasteiger partial charge in [-0.1, -0.05) is 18.2 Å². The second-order valence-corrected chi connectivity index (χ2v) is 8.22. The van der Waals surface area contributed by atoms with Crippen LogP contribution in [0.25, 0.3) is 10.7 Å². The lowest BCUT2D eigenvalue weighted by Gasteiger charge is -2.20. The molecule has 2 heterocycles. The number of nitrogens with one attached hydrogen (secondary N) is 2. The van der Waals surface area contributed by atoms with Gasteiger partial charge in [0.15, 0.2) is 10.6 Å². The van der Waals surface area contributed by atoms with Gasteiger partial charge in [0.2, 0.25) is 5.91 Å². The Hall–Kier alpha value is -2.32. The second kappa shape index (κ2) is 7.01. The molecule has 0 saturated heterocycles. The van der Waals surface area contributed by atoms with Crippen LogP contribution in [0, 0.1) is 10.6 Å². The minimum Gasteiger partial charge on any atom is -0.353 e. The number of rotatable bonds is 6. The minimum absolute atomic E-state index is 0.0858. The monoisotopic (exact) mass is 402 g/mol. The van der Waals surface area contributed by atoms with Crippen molar-refractivity contribution in [2.45, 2.75) is 31.2 Å². The van der Waals surface area contributed by atoms with Gasteiger partial charge in [-0.15, -0.1) is 11.3 Å². The van der Waals surface area contributed by atoms with E-state index in [-0.39, 0.29) is 17.1 Å². The first kappa shape index (κ1) is 18.1. The molecule has 1 aromatic carbocycles. The summed E-state index contributed by atoms with van der Waals surface area (Å²) in [5, 5.41) is 12.1. The van der Waals surface area contributed by atoms with E-state index in [9.17, 15) is 9.18 Å². The van der Waals surface area contributed by atoms with E-state index in [0.29, 0.717) is 17.1 Å². The fourth-order valence-electron chi connectivity index (χ4n) is 3.29. The number of halogens is 1. The van der Waals surface area contributed by atoms with Crippen molar-refractivity contribution in [1.29, 1.82) is 0 Å². The zero-order valence-corrected chi connectivity index (χ0v) is 16.4. The molecule has 0 spiro atoms. The van der Waals surface area contributed by atoms with E-state index in [2.05, 4.69) is 15.5 Å². The molecular formula is C19H19FN4OS2. The summed E-state index contributed by atoms with van der Waals surface area (Å²) in [6.45, 7) is 2.34. The first-order valence-corrected chi connectivity index (χ1v) is 10.0. The van der Waals surface area contributed by atoms with Crippen LogP contribution in [0.2, 0.25) is 0 Å². The normalized spacial score (nSPS) is 16.1. The number of thiophene rings is 1. The lowest BCUT2D eigenvalue weighted by molar-refractivity contribution is -0.124. The van der Waals surface area contributed by atoms with Gasteiger partial charge in [-0.2, -0.15) is 5.10 Å². The van der Waals surface area contributed by atoms with Crippen LogP contribution >= 0.6 is 23.6 Å². The molecule has 2 aromatic heterocycles. The summed E-state index contributed by atoms with van der Waals surface area (Å²) in [7, 11) is 0. The number of hydrogen-bond acceptors (Lipinski definition) is 4. The molecule has 1 aliphatic rings. The molecule has 1 fully saturated rings. The number of benzene rings is 1. The van der Waals surface area contributed by atoms with Crippen LogP contribution in [0.15, 0.2) is 41.8 Å². The molecular weight excluding hydrogens is 383 g/mol. The minimum atomic E-state index is -0.489. The van der Waals surface area contributed by atoms with E-state index < -0.39 is 6.04 Å². The third-order valence-corrected chi connectivity index (χ3v) is 6.28. The molecule has 1 atom stereocenters. The first-order chi connectivity index (χ1) is 13.0.